The molecular weight excluding hydrogens is 320 g/mol. The summed E-state index contributed by atoms with van der Waals surface area (Å²) in [5.74, 6) is -0.814. The van der Waals surface area contributed by atoms with Gasteiger partial charge in [0.05, 0.1) is 5.56 Å². The lowest BCUT2D eigenvalue weighted by atomic mass is 10.0. The molecule has 0 unspecified atom stereocenters. The number of aromatic nitrogens is 1. The Bertz CT molecular complexity index is 947. The van der Waals surface area contributed by atoms with Crippen LogP contribution in [0.2, 0.25) is 0 Å². The third-order valence-corrected chi connectivity index (χ3v) is 4.32. The summed E-state index contributed by atoms with van der Waals surface area (Å²) >= 11 is 0. The van der Waals surface area contributed by atoms with Crippen molar-refractivity contribution in [2.75, 3.05) is 18.1 Å². The van der Waals surface area contributed by atoms with Crippen molar-refractivity contribution in [2.45, 2.75) is 12.8 Å². The predicted molar refractivity (Wildman–Crippen MR) is 91.4 cm³/mol. The highest BCUT2D eigenvalue weighted by molar-refractivity contribution is 6.03. The number of hydrogen-bond donors (Lipinski definition) is 0. The summed E-state index contributed by atoms with van der Waals surface area (Å²) in [6.07, 6.45) is 3.13. The Morgan fingerprint density at radius 1 is 1.16 bits per heavy atom. The third-order valence-electron chi connectivity index (χ3n) is 4.32. The van der Waals surface area contributed by atoms with Crippen molar-refractivity contribution in [1.82, 2.24) is 4.98 Å². The monoisotopic (exact) mass is 336 g/mol. The summed E-state index contributed by atoms with van der Waals surface area (Å²) in [5.41, 5.74) is 3.27. The van der Waals surface area contributed by atoms with Gasteiger partial charge in [-0.25, -0.2) is 9.78 Å². The summed E-state index contributed by atoms with van der Waals surface area (Å²) in [4.78, 5) is 30.5. The minimum Gasteiger partial charge on any atom is -0.452 e. The fraction of sp³-hybridized carbons (Fsp3) is 0.211. The first-order valence-corrected chi connectivity index (χ1v) is 8.11. The molecule has 3 aromatic rings. The summed E-state index contributed by atoms with van der Waals surface area (Å²) < 4.78 is 10.4. The molecule has 1 amide bonds. The molecule has 1 aromatic heterocycles. The number of fused-ring (bicyclic) bond motifs is 2. The number of nitrogens with zero attached hydrogens (tertiary/aromatic N) is 2. The van der Waals surface area contributed by atoms with Crippen molar-refractivity contribution in [3.05, 3.63) is 60.0 Å². The number of carbonyl (C=O) groups excluding carboxylic acids is 2. The van der Waals surface area contributed by atoms with Crippen molar-refractivity contribution in [2.24, 2.45) is 0 Å². The highest BCUT2D eigenvalue weighted by Crippen LogP contribution is 2.26. The minimum absolute atomic E-state index is 0.229. The summed E-state index contributed by atoms with van der Waals surface area (Å²) in [6.45, 7) is 0.327. The second-order valence-corrected chi connectivity index (χ2v) is 5.86. The van der Waals surface area contributed by atoms with E-state index in [1.807, 2.05) is 24.3 Å². The molecule has 0 bridgehead atoms. The average Bonchev–Trinajstić information content (AvgIpc) is 3.14. The third kappa shape index (κ3) is 2.87. The van der Waals surface area contributed by atoms with E-state index in [0.29, 0.717) is 17.6 Å². The maximum absolute atomic E-state index is 12.5. The maximum Gasteiger partial charge on any atom is 0.340 e. The molecule has 0 atom stereocenters. The summed E-state index contributed by atoms with van der Waals surface area (Å²) in [5, 5.41) is 0. The first kappa shape index (κ1) is 15.4. The van der Waals surface area contributed by atoms with Gasteiger partial charge in [0, 0.05) is 12.2 Å². The Labute approximate surface area is 144 Å². The molecule has 2 heterocycles. The van der Waals surface area contributed by atoms with Crippen LogP contribution in [-0.4, -0.2) is 30.0 Å². The van der Waals surface area contributed by atoms with Crippen LogP contribution in [-0.2, 0) is 16.0 Å². The largest absolute Gasteiger partial charge is 0.452 e. The smallest absolute Gasteiger partial charge is 0.340 e. The molecule has 6 nitrogen and oxygen atoms in total. The molecule has 0 aliphatic carbocycles. The first-order chi connectivity index (χ1) is 12.2. The number of aryl methyl sites for hydroxylation is 1. The van der Waals surface area contributed by atoms with Gasteiger partial charge in [-0.1, -0.05) is 24.3 Å². The number of anilines is 1. The fourth-order valence-electron chi connectivity index (χ4n) is 3.13. The molecule has 0 N–H and O–H groups in total. The number of esters is 1. The van der Waals surface area contributed by atoms with Crippen LogP contribution in [0.1, 0.15) is 22.3 Å². The lowest BCUT2D eigenvalue weighted by Gasteiger charge is -2.29. The normalized spacial score (nSPS) is 13.5. The Hall–Kier alpha value is -3.15. The molecule has 1 aliphatic rings. The highest BCUT2D eigenvalue weighted by atomic mass is 16.5. The van der Waals surface area contributed by atoms with E-state index in [2.05, 4.69) is 4.98 Å². The first-order valence-electron chi connectivity index (χ1n) is 8.11. The highest BCUT2D eigenvalue weighted by Gasteiger charge is 2.23. The zero-order valence-corrected chi connectivity index (χ0v) is 13.5. The second-order valence-electron chi connectivity index (χ2n) is 5.86. The fourth-order valence-corrected chi connectivity index (χ4v) is 3.13. The molecule has 126 valence electrons. The Morgan fingerprint density at radius 2 is 2.04 bits per heavy atom. The Kier molecular flexibility index (Phi) is 3.93. The molecule has 0 saturated carbocycles. The van der Waals surface area contributed by atoms with Crippen molar-refractivity contribution >= 4 is 28.7 Å². The molecule has 25 heavy (non-hydrogen) atoms. The average molecular weight is 336 g/mol. The molecule has 2 aromatic carbocycles. The lowest BCUT2D eigenvalue weighted by molar-refractivity contribution is -0.121. The van der Waals surface area contributed by atoms with E-state index in [9.17, 15) is 9.59 Å². The molecule has 1 aliphatic heterocycles. The Balaban J connectivity index is 1.48. The summed E-state index contributed by atoms with van der Waals surface area (Å²) in [6, 6.07) is 12.8. The summed E-state index contributed by atoms with van der Waals surface area (Å²) in [7, 11) is 0. The number of ether oxygens (including phenoxy) is 1. The molecule has 0 fully saturated rings. The van der Waals surface area contributed by atoms with E-state index >= 15 is 0 Å². The second kappa shape index (κ2) is 6.39. The van der Waals surface area contributed by atoms with Crippen molar-refractivity contribution in [1.29, 1.82) is 0 Å². The van der Waals surface area contributed by atoms with Gasteiger partial charge in [0.2, 0.25) is 0 Å². The van der Waals surface area contributed by atoms with E-state index in [0.717, 1.165) is 24.1 Å². The number of amides is 1. The number of oxazole rings is 1. The quantitative estimate of drug-likeness (QED) is 0.688. The van der Waals surface area contributed by atoms with E-state index in [4.69, 9.17) is 9.15 Å². The van der Waals surface area contributed by atoms with Gasteiger partial charge in [0.1, 0.15) is 5.52 Å². The van der Waals surface area contributed by atoms with Gasteiger partial charge in [-0.05, 0) is 36.6 Å². The van der Waals surface area contributed by atoms with Crippen molar-refractivity contribution < 1.29 is 18.7 Å². The molecular formula is C19H16N2O4. The number of rotatable bonds is 3. The topological polar surface area (TPSA) is 72.6 Å². The van der Waals surface area contributed by atoms with Gasteiger partial charge in [-0.3, -0.25) is 4.79 Å². The van der Waals surface area contributed by atoms with Crippen LogP contribution in [0.25, 0.3) is 11.1 Å². The molecule has 0 saturated heterocycles. The van der Waals surface area contributed by atoms with Crippen LogP contribution in [0, 0.1) is 0 Å². The van der Waals surface area contributed by atoms with Gasteiger partial charge < -0.3 is 14.1 Å². The van der Waals surface area contributed by atoms with Crippen LogP contribution in [0.5, 0.6) is 0 Å². The number of para-hydroxylation sites is 2. The predicted octanol–water partition coefficient (Wildman–Crippen LogP) is 2.96. The van der Waals surface area contributed by atoms with E-state index in [1.165, 1.54) is 6.39 Å². The van der Waals surface area contributed by atoms with Crippen molar-refractivity contribution in [3.8, 4) is 0 Å². The minimum atomic E-state index is -0.585. The Morgan fingerprint density at radius 3 is 2.96 bits per heavy atom. The molecule has 6 heteroatoms. The SMILES string of the molecule is O=C(OCC(=O)N1CCCc2ccccc21)c1cccc2ocnc12. The zero-order chi connectivity index (χ0) is 17.2. The van der Waals surface area contributed by atoms with Crippen molar-refractivity contribution in [3.63, 3.8) is 0 Å². The molecule has 4 rings (SSSR count). The zero-order valence-electron chi connectivity index (χ0n) is 13.5. The van der Waals surface area contributed by atoms with Crippen LogP contribution in [0.4, 0.5) is 5.69 Å². The van der Waals surface area contributed by atoms with Crippen LogP contribution in [0.15, 0.2) is 53.3 Å². The van der Waals surface area contributed by atoms with E-state index < -0.39 is 5.97 Å². The van der Waals surface area contributed by atoms with Crippen LogP contribution >= 0.6 is 0 Å². The van der Waals surface area contributed by atoms with Gasteiger partial charge in [0.15, 0.2) is 18.6 Å². The maximum atomic E-state index is 12.5. The number of carbonyl (C=O) groups is 2. The van der Waals surface area contributed by atoms with Crippen LogP contribution < -0.4 is 4.90 Å². The van der Waals surface area contributed by atoms with Gasteiger partial charge in [-0.15, -0.1) is 0 Å². The standard InChI is InChI=1S/C19H16N2O4/c22-17(21-10-4-6-13-5-1-2-8-15(13)21)11-24-19(23)14-7-3-9-16-18(14)20-12-25-16/h1-3,5,7-9,12H,4,6,10-11H2. The van der Waals surface area contributed by atoms with E-state index in [1.54, 1.807) is 23.1 Å². The van der Waals surface area contributed by atoms with Gasteiger partial charge in [0.25, 0.3) is 5.91 Å². The lowest BCUT2D eigenvalue weighted by Crippen LogP contribution is -2.38. The van der Waals surface area contributed by atoms with Gasteiger partial charge >= 0.3 is 5.97 Å². The molecule has 0 spiro atoms. The molecule has 0 radical (unpaired) electrons. The number of benzene rings is 2. The van der Waals surface area contributed by atoms with Gasteiger partial charge in [-0.2, -0.15) is 0 Å². The van der Waals surface area contributed by atoms with Crippen LogP contribution in [0.3, 0.4) is 0 Å². The van der Waals surface area contributed by atoms with E-state index in [-0.39, 0.29) is 18.1 Å². The number of hydrogen-bond acceptors (Lipinski definition) is 5.